The average molecular weight is 352 g/mol. The van der Waals surface area contributed by atoms with Crippen molar-refractivity contribution in [2.45, 2.75) is 6.92 Å². The van der Waals surface area contributed by atoms with E-state index in [0.29, 0.717) is 16.9 Å². The molecule has 0 saturated carbocycles. The summed E-state index contributed by atoms with van der Waals surface area (Å²) in [6.45, 7) is 1.86. The van der Waals surface area contributed by atoms with Crippen LogP contribution in [0.5, 0.6) is 0 Å². The molecule has 0 radical (unpaired) electrons. The van der Waals surface area contributed by atoms with E-state index in [0.717, 1.165) is 15.4 Å². The highest BCUT2D eigenvalue weighted by atomic mass is 32.1. The predicted molar refractivity (Wildman–Crippen MR) is 98.0 cm³/mol. The number of aromatic nitrogens is 1. The van der Waals surface area contributed by atoms with E-state index in [4.69, 9.17) is 0 Å². The van der Waals surface area contributed by atoms with Gasteiger partial charge in [0.05, 0.1) is 12.7 Å². The van der Waals surface area contributed by atoms with Gasteiger partial charge in [-0.25, -0.2) is 9.78 Å². The number of nitrogens with zero attached hydrogens (tertiary/aromatic N) is 1. The third kappa shape index (κ3) is 3.75. The van der Waals surface area contributed by atoms with E-state index in [1.165, 1.54) is 18.4 Å². The molecule has 6 heteroatoms. The van der Waals surface area contributed by atoms with Gasteiger partial charge < -0.3 is 10.1 Å². The molecule has 0 atom stereocenters. The number of carbonyl (C=O) groups excluding carboxylic acids is 2. The second-order valence-electron chi connectivity index (χ2n) is 5.32. The third-order valence-corrected chi connectivity index (χ3v) is 4.59. The topological polar surface area (TPSA) is 68.3 Å². The molecule has 0 fully saturated rings. The molecule has 0 spiro atoms. The lowest BCUT2D eigenvalue weighted by Crippen LogP contribution is -2.14. The van der Waals surface area contributed by atoms with Gasteiger partial charge in [0.1, 0.15) is 10.7 Å². The number of methoxy groups -OCH3 is 1. The first-order valence-corrected chi connectivity index (χ1v) is 8.42. The first-order valence-electron chi connectivity index (χ1n) is 7.61. The molecule has 1 aromatic heterocycles. The van der Waals surface area contributed by atoms with Crippen LogP contribution in [0.2, 0.25) is 0 Å². The quantitative estimate of drug-likeness (QED) is 0.716. The van der Waals surface area contributed by atoms with E-state index < -0.39 is 5.97 Å². The van der Waals surface area contributed by atoms with E-state index in [1.54, 1.807) is 24.3 Å². The van der Waals surface area contributed by atoms with Gasteiger partial charge in [0, 0.05) is 16.1 Å². The molecule has 1 amide bonds. The molecule has 0 saturated heterocycles. The number of ether oxygens (including phenoxy) is 1. The fourth-order valence-electron chi connectivity index (χ4n) is 2.34. The zero-order valence-corrected chi connectivity index (χ0v) is 14.6. The number of amides is 1. The summed E-state index contributed by atoms with van der Waals surface area (Å²) in [5.41, 5.74) is 2.25. The molecule has 1 N–H and O–H groups in total. The van der Waals surface area contributed by atoms with Crippen molar-refractivity contribution in [2.75, 3.05) is 12.4 Å². The maximum absolute atomic E-state index is 12.5. The van der Waals surface area contributed by atoms with Crippen LogP contribution < -0.4 is 5.32 Å². The Morgan fingerprint density at radius 1 is 1.08 bits per heavy atom. The minimum Gasteiger partial charge on any atom is -0.465 e. The van der Waals surface area contributed by atoms with Crippen molar-refractivity contribution >= 4 is 28.9 Å². The van der Waals surface area contributed by atoms with E-state index >= 15 is 0 Å². The molecule has 0 aliphatic rings. The Kier molecular flexibility index (Phi) is 4.90. The molecule has 1 heterocycles. The minimum absolute atomic E-state index is 0.307. The number of nitrogens with one attached hydrogen (secondary N) is 1. The molecular formula is C19H16N2O3S. The fourth-order valence-corrected chi connectivity index (χ4v) is 3.26. The summed E-state index contributed by atoms with van der Waals surface area (Å²) in [4.78, 5) is 29.4. The maximum atomic E-state index is 12.5. The third-order valence-electron chi connectivity index (χ3n) is 3.57. The standard InChI is InChI=1S/C19H16N2O3S/c1-12-16(21-18(25-12)13-7-4-3-5-8-13)17(22)20-15-10-6-9-14(11-15)19(23)24-2/h3-11H,1-2H3,(H,20,22). The van der Waals surface area contributed by atoms with Gasteiger partial charge in [-0.3, -0.25) is 4.79 Å². The van der Waals surface area contributed by atoms with E-state index in [9.17, 15) is 9.59 Å². The molecule has 0 aliphatic carbocycles. The summed E-state index contributed by atoms with van der Waals surface area (Å²) >= 11 is 1.47. The first kappa shape index (κ1) is 16.9. The fraction of sp³-hybridized carbons (Fsp3) is 0.105. The van der Waals surface area contributed by atoms with Gasteiger partial charge in [-0.1, -0.05) is 36.4 Å². The zero-order valence-electron chi connectivity index (χ0n) is 13.8. The van der Waals surface area contributed by atoms with Crippen LogP contribution in [0.3, 0.4) is 0 Å². The van der Waals surface area contributed by atoms with Crippen LogP contribution in [0.1, 0.15) is 25.7 Å². The molecule has 0 bridgehead atoms. The lowest BCUT2D eigenvalue weighted by atomic mass is 10.2. The average Bonchev–Trinajstić information content (AvgIpc) is 3.04. The lowest BCUT2D eigenvalue weighted by Gasteiger charge is -2.06. The second kappa shape index (κ2) is 7.27. The van der Waals surface area contributed by atoms with Gasteiger partial charge >= 0.3 is 5.97 Å². The molecule has 3 rings (SSSR count). The van der Waals surface area contributed by atoms with E-state index in [1.807, 2.05) is 37.3 Å². The van der Waals surface area contributed by atoms with Gasteiger partial charge in [-0.15, -0.1) is 11.3 Å². The molecule has 0 unspecified atom stereocenters. The molecule has 126 valence electrons. The Morgan fingerprint density at radius 2 is 1.84 bits per heavy atom. The number of hydrogen-bond donors (Lipinski definition) is 1. The van der Waals surface area contributed by atoms with Crippen molar-refractivity contribution in [3.05, 3.63) is 70.7 Å². The van der Waals surface area contributed by atoms with E-state index in [-0.39, 0.29) is 5.91 Å². The Balaban J connectivity index is 1.83. The van der Waals surface area contributed by atoms with Crippen LogP contribution in [-0.2, 0) is 4.74 Å². The van der Waals surface area contributed by atoms with E-state index in [2.05, 4.69) is 15.0 Å². The van der Waals surface area contributed by atoms with Gasteiger partial charge in [0.2, 0.25) is 0 Å². The zero-order chi connectivity index (χ0) is 17.8. The van der Waals surface area contributed by atoms with Crippen molar-refractivity contribution in [3.63, 3.8) is 0 Å². The minimum atomic E-state index is -0.452. The van der Waals surface area contributed by atoms with Crippen molar-refractivity contribution in [3.8, 4) is 10.6 Å². The maximum Gasteiger partial charge on any atom is 0.337 e. The molecule has 3 aromatic rings. The summed E-state index contributed by atoms with van der Waals surface area (Å²) in [7, 11) is 1.32. The number of thiazole rings is 1. The van der Waals surface area contributed by atoms with Gasteiger partial charge in [0.15, 0.2) is 0 Å². The molecule has 25 heavy (non-hydrogen) atoms. The largest absolute Gasteiger partial charge is 0.465 e. The number of aryl methyl sites for hydroxylation is 1. The van der Waals surface area contributed by atoms with Crippen molar-refractivity contribution in [1.29, 1.82) is 0 Å². The highest BCUT2D eigenvalue weighted by Gasteiger charge is 2.17. The summed E-state index contributed by atoms with van der Waals surface area (Å²) in [5.74, 6) is -0.759. The smallest absolute Gasteiger partial charge is 0.337 e. The number of anilines is 1. The Bertz CT molecular complexity index is 919. The second-order valence-corrected chi connectivity index (χ2v) is 6.52. The van der Waals surface area contributed by atoms with Crippen LogP contribution in [0, 0.1) is 6.92 Å². The van der Waals surface area contributed by atoms with Gasteiger partial charge in [-0.05, 0) is 25.1 Å². The van der Waals surface area contributed by atoms with Crippen molar-refractivity contribution in [1.82, 2.24) is 4.98 Å². The highest BCUT2D eigenvalue weighted by Crippen LogP contribution is 2.28. The molecular weight excluding hydrogens is 336 g/mol. The highest BCUT2D eigenvalue weighted by molar-refractivity contribution is 7.15. The first-order chi connectivity index (χ1) is 12.1. The van der Waals surface area contributed by atoms with Crippen LogP contribution in [0.4, 0.5) is 5.69 Å². The summed E-state index contributed by atoms with van der Waals surface area (Å²) < 4.78 is 4.69. The Morgan fingerprint density at radius 3 is 2.56 bits per heavy atom. The van der Waals surface area contributed by atoms with Crippen LogP contribution in [0.15, 0.2) is 54.6 Å². The normalized spacial score (nSPS) is 10.3. The number of rotatable bonds is 4. The Hall–Kier alpha value is -2.99. The van der Waals surface area contributed by atoms with Crippen molar-refractivity contribution < 1.29 is 14.3 Å². The Labute approximate surface area is 149 Å². The molecule has 5 nitrogen and oxygen atoms in total. The number of hydrogen-bond acceptors (Lipinski definition) is 5. The monoisotopic (exact) mass is 352 g/mol. The molecule has 2 aromatic carbocycles. The van der Waals surface area contributed by atoms with Crippen LogP contribution in [0.25, 0.3) is 10.6 Å². The number of carbonyl (C=O) groups is 2. The summed E-state index contributed by atoms with van der Waals surface area (Å²) in [6, 6.07) is 16.3. The summed E-state index contributed by atoms with van der Waals surface area (Å²) in [5, 5.41) is 3.58. The lowest BCUT2D eigenvalue weighted by molar-refractivity contribution is 0.0600. The van der Waals surface area contributed by atoms with Crippen molar-refractivity contribution in [2.24, 2.45) is 0 Å². The number of esters is 1. The summed E-state index contributed by atoms with van der Waals surface area (Å²) in [6.07, 6.45) is 0. The number of benzene rings is 2. The molecule has 0 aliphatic heterocycles. The van der Waals surface area contributed by atoms with Gasteiger partial charge in [0.25, 0.3) is 5.91 Å². The van der Waals surface area contributed by atoms with Crippen LogP contribution >= 0.6 is 11.3 Å². The van der Waals surface area contributed by atoms with Crippen LogP contribution in [-0.4, -0.2) is 24.0 Å². The van der Waals surface area contributed by atoms with Gasteiger partial charge in [-0.2, -0.15) is 0 Å². The predicted octanol–water partition coefficient (Wildman–Crippen LogP) is 4.16. The SMILES string of the molecule is COC(=O)c1cccc(NC(=O)c2nc(-c3ccccc3)sc2C)c1.